The van der Waals surface area contributed by atoms with E-state index in [0.29, 0.717) is 0 Å². The Morgan fingerprint density at radius 2 is 1.65 bits per heavy atom. The standard InChI is InChI=1S/C18H14F8N4O4.C5H12O/c19-15(20)3-1-4-16(33,18(24,25)26)14-30-29-13(34-14)12-9(27-7-31)6-8(17(21,22)23)11(28-12)10(32)2-5-15;1-5(2,3)6-4/h6-7,33H,1-5H2,(H,27,31);1-4H3. The summed E-state index contributed by atoms with van der Waals surface area (Å²) >= 11 is 0. The van der Waals surface area contributed by atoms with Crippen molar-refractivity contribution >= 4 is 17.9 Å². The summed E-state index contributed by atoms with van der Waals surface area (Å²) in [5.41, 5.74) is -8.45. The van der Waals surface area contributed by atoms with Crippen LogP contribution < -0.4 is 5.32 Å². The molecule has 1 aliphatic heterocycles. The minimum Gasteiger partial charge on any atom is -0.416 e. The van der Waals surface area contributed by atoms with Gasteiger partial charge in [-0.3, -0.25) is 9.59 Å². The van der Waals surface area contributed by atoms with Crippen molar-refractivity contribution in [3.05, 3.63) is 23.2 Å². The van der Waals surface area contributed by atoms with E-state index in [0.717, 1.165) is 0 Å². The van der Waals surface area contributed by atoms with Gasteiger partial charge in [0, 0.05) is 26.4 Å². The van der Waals surface area contributed by atoms with E-state index in [9.17, 15) is 49.8 Å². The Morgan fingerprint density at radius 1 is 1.05 bits per heavy atom. The highest BCUT2D eigenvalue weighted by molar-refractivity contribution is 5.97. The summed E-state index contributed by atoms with van der Waals surface area (Å²) < 4.78 is 120. The molecule has 3 rings (SSSR count). The van der Waals surface area contributed by atoms with E-state index in [2.05, 4.69) is 15.2 Å². The minimum absolute atomic E-state index is 0.0417. The molecule has 9 nitrogen and oxygen atoms in total. The van der Waals surface area contributed by atoms with Crippen LogP contribution in [0.1, 0.15) is 74.8 Å². The number of carbonyl (C=O) groups excluding carboxylic acids is 2. The molecule has 0 aliphatic carbocycles. The molecule has 0 fully saturated rings. The number of halogens is 8. The average molecular weight is 590 g/mol. The maximum absolute atomic E-state index is 14.2. The number of pyridine rings is 1. The van der Waals surface area contributed by atoms with Crippen LogP contribution in [0.4, 0.5) is 40.8 Å². The predicted octanol–water partition coefficient (Wildman–Crippen LogP) is 5.68. The number of fused-ring (bicyclic) bond motifs is 5. The number of rotatable bonds is 2. The number of nitrogens with zero attached hydrogens (tertiary/aromatic N) is 3. The molecule has 0 saturated heterocycles. The molecule has 3 heterocycles. The zero-order valence-electron chi connectivity index (χ0n) is 21.6. The molecule has 1 aliphatic rings. The molecule has 2 N–H and O–H groups in total. The third-order valence-electron chi connectivity index (χ3n) is 5.67. The number of hydrogen-bond acceptors (Lipinski definition) is 8. The molecule has 2 aromatic rings. The summed E-state index contributed by atoms with van der Waals surface area (Å²) in [6, 6.07) is 0.230. The first-order valence-corrected chi connectivity index (χ1v) is 11.6. The maximum Gasteiger partial charge on any atom is 0.426 e. The summed E-state index contributed by atoms with van der Waals surface area (Å²) in [6.45, 7) is 6.06. The second-order valence-electron chi connectivity index (χ2n) is 9.76. The first-order valence-electron chi connectivity index (χ1n) is 11.6. The summed E-state index contributed by atoms with van der Waals surface area (Å²) in [7, 11) is 1.71. The first kappa shape index (κ1) is 33.0. The van der Waals surface area contributed by atoms with Gasteiger partial charge in [0.25, 0.3) is 11.8 Å². The smallest absolute Gasteiger partial charge is 0.416 e. The van der Waals surface area contributed by atoms with Crippen LogP contribution >= 0.6 is 0 Å². The van der Waals surface area contributed by atoms with Crippen molar-refractivity contribution in [1.29, 1.82) is 0 Å². The van der Waals surface area contributed by atoms with Gasteiger partial charge in [-0.2, -0.15) is 26.3 Å². The lowest BCUT2D eigenvalue weighted by Gasteiger charge is -2.27. The lowest BCUT2D eigenvalue weighted by molar-refractivity contribution is -0.278. The number of ketones is 1. The van der Waals surface area contributed by atoms with E-state index in [-0.39, 0.29) is 18.1 Å². The third-order valence-corrected chi connectivity index (χ3v) is 5.67. The molecule has 1 unspecified atom stereocenters. The fourth-order valence-corrected chi connectivity index (χ4v) is 3.28. The highest BCUT2D eigenvalue weighted by Gasteiger charge is 2.59. The summed E-state index contributed by atoms with van der Waals surface area (Å²) in [5.74, 6) is -7.63. The van der Waals surface area contributed by atoms with Gasteiger partial charge in [0.15, 0.2) is 11.5 Å². The number of ether oxygens (including phenoxy) is 1. The molecule has 2 aromatic heterocycles. The second-order valence-corrected chi connectivity index (χ2v) is 9.76. The number of Topliss-reactive ketones (excluding diaryl/α,β-unsaturated/α-hetero) is 1. The highest BCUT2D eigenvalue weighted by atomic mass is 19.4. The number of hydrogen-bond donors (Lipinski definition) is 2. The van der Waals surface area contributed by atoms with Crippen molar-refractivity contribution in [3.63, 3.8) is 0 Å². The number of carbonyl (C=O) groups is 2. The van der Waals surface area contributed by atoms with Crippen LogP contribution in [0.5, 0.6) is 0 Å². The number of aliphatic hydroxyl groups is 1. The zero-order valence-corrected chi connectivity index (χ0v) is 21.6. The van der Waals surface area contributed by atoms with Crippen molar-refractivity contribution in [2.45, 2.75) is 82.4 Å². The summed E-state index contributed by atoms with van der Waals surface area (Å²) in [5, 5.41) is 18.4. The molecular weight excluding hydrogens is 564 g/mol. The van der Waals surface area contributed by atoms with Crippen LogP contribution in [0.2, 0.25) is 0 Å². The van der Waals surface area contributed by atoms with Crippen molar-refractivity contribution in [2.75, 3.05) is 12.4 Å². The molecule has 0 spiro atoms. The number of alkyl halides is 8. The maximum atomic E-state index is 14.2. The molecule has 4 bridgehead atoms. The molecule has 224 valence electrons. The number of methoxy groups -OCH3 is 1. The molecule has 40 heavy (non-hydrogen) atoms. The molecule has 0 saturated carbocycles. The summed E-state index contributed by atoms with van der Waals surface area (Å²) in [6.07, 6.45) is -16.6. The average Bonchev–Trinajstić information content (AvgIpc) is 3.31. The van der Waals surface area contributed by atoms with Crippen LogP contribution in [-0.4, -0.2) is 57.3 Å². The van der Waals surface area contributed by atoms with Gasteiger partial charge in [-0.1, -0.05) is 0 Å². The van der Waals surface area contributed by atoms with Gasteiger partial charge in [-0.15, -0.1) is 10.2 Å². The van der Waals surface area contributed by atoms with Crippen molar-refractivity contribution < 1.29 is 59.0 Å². The Hall–Kier alpha value is -3.21. The second kappa shape index (κ2) is 11.7. The van der Waals surface area contributed by atoms with Crippen LogP contribution in [0.25, 0.3) is 11.6 Å². The van der Waals surface area contributed by atoms with E-state index in [1.165, 1.54) is 0 Å². The zero-order chi connectivity index (χ0) is 30.7. The fraction of sp³-hybridized carbons (Fsp3) is 0.609. The van der Waals surface area contributed by atoms with Crippen molar-refractivity contribution in [1.82, 2.24) is 15.2 Å². The lowest BCUT2D eigenvalue weighted by Crippen LogP contribution is -2.43. The van der Waals surface area contributed by atoms with Crippen LogP contribution in [0, 0.1) is 0 Å². The van der Waals surface area contributed by atoms with Gasteiger partial charge in [0.05, 0.1) is 16.9 Å². The number of aromatic nitrogens is 3. The molecular formula is C23H26F8N4O5. The van der Waals surface area contributed by atoms with Crippen LogP contribution in [0.3, 0.4) is 0 Å². The molecule has 0 radical (unpaired) electrons. The van der Waals surface area contributed by atoms with Crippen molar-refractivity contribution in [2.24, 2.45) is 0 Å². The van der Waals surface area contributed by atoms with Crippen LogP contribution in [0.15, 0.2) is 10.5 Å². The van der Waals surface area contributed by atoms with E-state index in [1.807, 2.05) is 26.1 Å². The van der Waals surface area contributed by atoms with E-state index >= 15 is 0 Å². The number of nitrogens with one attached hydrogen (secondary N) is 1. The third kappa shape index (κ3) is 7.93. The van der Waals surface area contributed by atoms with Gasteiger partial charge < -0.3 is 19.6 Å². The van der Waals surface area contributed by atoms with Gasteiger partial charge in [-0.05, 0) is 39.7 Å². The summed E-state index contributed by atoms with van der Waals surface area (Å²) in [4.78, 5) is 26.7. The molecule has 1 atom stereocenters. The van der Waals surface area contributed by atoms with Crippen molar-refractivity contribution in [3.8, 4) is 11.6 Å². The number of amides is 1. The Labute approximate surface area is 222 Å². The van der Waals surface area contributed by atoms with Gasteiger partial charge >= 0.3 is 12.4 Å². The highest BCUT2D eigenvalue weighted by Crippen LogP contribution is 2.45. The predicted molar refractivity (Wildman–Crippen MR) is 121 cm³/mol. The van der Waals surface area contributed by atoms with E-state index in [4.69, 9.17) is 9.15 Å². The molecule has 1 amide bonds. The Kier molecular flexibility index (Phi) is 9.67. The Morgan fingerprint density at radius 3 is 2.15 bits per heavy atom. The minimum atomic E-state index is -5.46. The SMILES string of the molecule is COC(C)(C)C.O=CNc1cc(C(F)(F)F)c2nc1-c1nnc(o1)C(O)(C(F)(F)F)CCCC(F)(F)CCC2=O. The van der Waals surface area contributed by atoms with E-state index < -0.39 is 96.2 Å². The Bertz CT molecular complexity index is 1210. The Balaban J connectivity index is 0.000000840. The van der Waals surface area contributed by atoms with E-state index in [1.54, 1.807) is 7.11 Å². The topological polar surface area (TPSA) is 127 Å². The molecule has 17 heteroatoms. The molecule has 0 aromatic carbocycles. The fourth-order valence-electron chi connectivity index (χ4n) is 3.28. The first-order chi connectivity index (χ1) is 18.1. The lowest BCUT2D eigenvalue weighted by atomic mass is 9.93. The largest absolute Gasteiger partial charge is 0.426 e. The quantitative estimate of drug-likeness (QED) is 0.338. The van der Waals surface area contributed by atoms with Crippen LogP contribution in [-0.2, 0) is 21.3 Å². The van der Waals surface area contributed by atoms with Gasteiger partial charge in [0.2, 0.25) is 17.9 Å². The normalized spacial score (nSPS) is 20.2. The van der Waals surface area contributed by atoms with Gasteiger partial charge in [0.1, 0.15) is 5.69 Å². The van der Waals surface area contributed by atoms with Gasteiger partial charge in [-0.25, -0.2) is 13.8 Å². The number of anilines is 1. The monoisotopic (exact) mass is 590 g/mol.